The zero-order valence-electron chi connectivity index (χ0n) is 12.0. The van der Waals surface area contributed by atoms with Gasteiger partial charge in [-0.3, -0.25) is 0 Å². The van der Waals surface area contributed by atoms with Gasteiger partial charge in [0.15, 0.2) is 0 Å². The molecule has 0 aromatic rings. The minimum atomic E-state index is -4.79. The van der Waals surface area contributed by atoms with Crippen LogP contribution in [0.4, 0.5) is 8.78 Å². The molecule has 0 atom stereocenters. The molecule has 0 amide bonds. The molecular weight excluding hydrogens is 302 g/mol. The van der Waals surface area contributed by atoms with Gasteiger partial charge in [0.05, 0.1) is 6.61 Å². The van der Waals surface area contributed by atoms with Gasteiger partial charge in [-0.25, -0.2) is 13.2 Å². The first-order valence-corrected chi connectivity index (χ1v) is 9.25. The van der Waals surface area contributed by atoms with Crippen LogP contribution >= 0.6 is 0 Å². The molecule has 0 radical (unpaired) electrons. The standard InChI is InChI=1S/C14H20F2O4S/c1-21(18,19)14(15,16)12(17)20-8-13-5-9-2-10(6-13)4-11(3-9)7-13/h9-11H,2-8H2,1H3. The van der Waals surface area contributed by atoms with Gasteiger partial charge < -0.3 is 4.74 Å². The van der Waals surface area contributed by atoms with Gasteiger partial charge in [-0.1, -0.05) is 0 Å². The van der Waals surface area contributed by atoms with Crippen molar-refractivity contribution in [2.24, 2.45) is 23.2 Å². The van der Waals surface area contributed by atoms with Crippen molar-refractivity contribution in [2.75, 3.05) is 12.9 Å². The third kappa shape index (κ3) is 2.58. The average Bonchev–Trinajstić information content (AvgIpc) is 2.32. The summed E-state index contributed by atoms with van der Waals surface area (Å²) < 4.78 is 53.5. The topological polar surface area (TPSA) is 60.4 Å². The Morgan fingerprint density at radius 3 is 1.95 bits per heavy atom. The molecule has 120 valence electrons. The third-order valence-electron chi connectivity index (χ3n) is 5.38. The molecule has 0 unspecified atom stereocenters. The van der Waals surface area contributed by atoms with Crippen molar-refractivity contribution in [3.8, 4) is 0 Å². The van der Waals surface area contributed by atoms with E-state index >= 15 is 0 Å². The number of carbonyl (C=O) groups excluding carboxylic acids is 1. The summed E-state index contributed by atoms with van der Waals surface area (Å²) in [7, 11) is -4.79. The number of hydrogen-bond donors (Lipinski definition) is 0. The summed E-state index contributed by atoms with van der Waals surface area (Å²) in [6.45, 7) is -0.0690. The quantitative estimate of drug-likeness (QED) is 0.746. The van der Waals surface area contributed by atoms with E-state index in [9.17, 15) is 22.0 Å². The molecule has 0 aliphatic heterocycles. The van der Waals surface area contributed by atoms with E-state index in [1.54, 1.807) is 0 Å². The van der Waals surface area contributed by atoms with Crippen molar-refractivity contribution >= 4 is 15.8 Å². The lowest BCUT2D eigenvalue weighted by Gasteiger charge is -2.56. The monoisotopic (exact) mass is 322 g/mol. The Bertz CT molecular complexity index is 520. The van der Waals surface area contributed by atoms with Gasteiger partial charge in [0.1, 0.15) is 0 Å². The lowest BCUT2D eigenvalue weighted by atomic mass is 9.50. The number of rotatable bonds is 4. The molecule has 0 N–H and O–H groups in total. The van der Waals surface area contributed by atoms with Crippen LogP contribution in [0.1, 0.15) is 38.5 Å². The Hall–Kier alpha value is -0.720. The number of alkyl halides is 2. The van der Waals surface area contributed by atoms with E-state index in [-0.39, 0.29) is 12.0 Å². The molecule has 0 heterocycles. The molecule has 4 aliphatic rings. The SMILES string of the molecule is CS(=O)(=O)C(F)(F)C(=O)OCC12CC3CC(CC(C3)C1)C2. The minimum absolute atomic E-state index is 0.0690. The van der Waals surface area contributed by atoms with Crippen LogP contribution in [0, 0.1) is 23.2 Å². The zero-order valence-corrected chi connectivity index (χ0v) is 12.8. The van der Waals surface area contributed by atoms with Crippen molar-refractivity contribution in [3.05, 3.63) is 0 Å². The summed E-state index contributed by atoms with van der Waals surface area (Å²) in [6.07, 6.45) is 6.69. The van der Waals surface area contributed by atoms with Crippen molar-refractivity contribution in [1.82, 2.24) is 0 Å². The van der Waals surface area contributed by atoms with Gasteiger partial charge in [-0.15, -0.1) is 0 Å². The normalized spacial score (nSPS) is 38.5. The van der Waals surface area contributed by atoms with E-state index in [0.29, 0.717) is 24.0 Å². The summed E-state index contributed by atoms with van der Waals surface area (Å²) in [5, 5.41) is -4.45. The maximum atomic E-state index is 13.4. The second-order valence-electron chi connectivity index (χ2n) is 7.28. The molecule has 4 nitrogen and oxygen atoms in total. The van der Waals surface area contributed by atoms with Gasteiger partial charge >= 0.3 is 11.2 Å². The molecule has 4 fully saturated rings. The molecule has 4 rings (SSSR count). The van der Waals surface area contributed by atoms with Crippen LogP contribution in [-0.2, 0) is 19.4 Å². The summed E-state index contributed by atoms with van der Waals surface area (Å²) in [5.74, 6) is -0.0816. The fourth-order valence-electron chi connectivity index (χ4n) is 4.92. The summed E-state index contributed by atoms with van der Waals surface area (Å²) in [4.78, 5) is 11.5. The number of ether oxygens (including phenoxy) is 1. The molecule has 4 bridgehead atoms. The van der Waals surface area contributed by atoms with Crippen LogP contribution in [0.3, 0.4) is 0 Å². The maximum absolute atomic E-state index is 13.4. The van der Waals surface area contributed by atoms with Gasteiger partial charge in [0.2, 0.25) is 9.84 Å². The second-order valence-corrected chi connectivity index (χ2v) is 9.34. The minimum Gasteiger partial charge on any atom is -0.460 e. The highest BCUT2D eigenvalue weighted by atomic mass is 32.2. The van der Waals surface area contributed by atoms with Gasteiger partial charge in [-0.2, -0.15) is 8.78 Å². The van der Waals surface area contributed by atoms with Gasteiger partial charge in [0.25, 0.3) is 0 Å². The molecule has 21 heavy (non-hydrogen) atoms. The average molecular weight is 322 g/mol. The van der Waals surface area contributed by atoms with Crippen LogP contribution in [0.5, 0.6) is 0 Å². The largest absolute Gasteiger partial charge is 0.460 e. The van der Waals surface area contributed by atoms with Crippen LogP contribution in [0.25, 0.3) is 0 Å². The molecular formula is C14H20F2O4S. The number of halogens is 2. The molecule has 4 aliphatic carbocycles. The van der Waals surface area contributed by atoms with Gasteiger partial charge in [0, 0.05) is 11.7 Å². The number of esters is 1. The van der Waals surface area contributed by atoms with E-state index in [4.69, 9.17) is 4.74 Å². The Balaban J connectivity index is 1.67. The first-order chi connectivity index (χ1) is 9.61. The van der Waals surface area contributed by atoms with E-state index < -0.39 is 21.1 Å². The van der Waals surface area contributed by atoms with Crippen LogP contribution in [0.15, 0.2) is 0 Å². The molecule has 0 saturated heterocycles. The van der Waals surface area contributed by atoms with E-state index in [1.807, 2.05) is 0 Å². The molecule has 4 saturated carbocycles. The fraction of sp³-hybridized carbons (Fsp3) is 0.929. The number of hydrogen-bond acceptors (Lipinski definition) is 4. The smallest absolute Gasteiger partial charge is 0.439 e. The highest BCUT2D eigenvalue weighted by Gasteiger charge is 2.55. The number of sulfone groups is 1. The summed E-state index contributed by atoms with van der Waals surface area (Å²) in [6, 6.07) is 0. The van der Waals surface area contributed by atoms with Crippen molar-refractivity contribution < 1.29 is 26.7 Å². The highest BCUT2D eigenvalue weighted by Crippen LogP contribution is 2.60. The van der Waals surface area contributed by atoms with E-state index in [0.717, 1.165) is 19.3 Å². The Labute approximate surface area is 123 Å². The number of carbonyl (C=O) groups is 1. The summed E-state index contributed by atoms with van der Waals surface area (Å²) >= 11 is 0. The van der Waals surface area contributed by atoms with Crippen molar-refractivity contribution in [1.29, 1.82) is 0 Å². The van der Waals surface area contributed by atoms with Crippen LogP contribution in [0.2, 0.25) is 0 Å². The Kier molecular flexibility index (Phi) is 3.35. The molecule has 7 heteroatoms. The van der Waals surface area contributed by atoms with Crippen LogP contribution < -0.4 is 0 Å². The predicted octanol–water partition coefficient (Wildman–Crippen LogP) is 2.38. The predicted molar refractivity (Wildman–Crippen MR) is 71.4 cm³/mol. The lowest BCUT2D eigenvalue weighted by Crippen LogP contribution is -2.49. The third-order valence-corrected chi connectivity index (χ3v) is 6.48. The first kappa shape index (κ1) is 15.2. The van der Waals surface area contributed by atoms with E-state index in [1.165, 1.54) is 19.3 Å². The van der Waals surface area contributed by atoms with Crippen molar-refractivity contribution in [3.63, 3.8) is 0 Å². The Morgan fingerprint density at radius 1 is 1.14 bits per heavy atom. The Morgan fingerprint density at radius 2 is 1.57 bits per heavy atom. The first-order valence-electron chi connectivity index (χ1n) is 7.36. The lowest BCUT2D eigenvalue weighted by molar-refractivity contribution is -0.171. The van der Waals surface area contributed by atoms with Gasteiger partial charge in [-0.05, 0) is 56.3 Å². The highest BCUT2D eigenvalue weighted by molar-refractivity contribution is 7.92. The van der Waals surface area contributed by atoms with E-state index in [2.05, 4.69) is 0 Å². The molecule has 0 aromatic carbocycles. The maximum Gasteiger partial charge on any atom is 0.439 e. The fourth-order valence-corrected chi connectivity index (χ4v) is 5.28. The molecule has 0 spiro atoms. The zero-order chi connectivity index (χ0) is 15.5. The van der Waals surface area contributed by atoms with Crippen molar-refractivity contribution in [2.45, 2.75) is 43.8 Å². The second kappa shape index (κ2) is 4.64. The summed E-state index contributed by atoms with van der Waals surface area (Å²) in [5.41, 5.74) is -0.196. The molecule has 0 aromatic heterocycles. The van der Waals surface area contributed by atoms with Crippen LogP contribution in [-0.4, -0.2) is 32.5 Å².